The summed E-state index contributed by atoms with van der Waals surface area (Å²) in [5.41, 5.74) is 0. The minimum Gasteiger partial charge on any atom is -0.406 e. The van der Waals surface area contributed by atoms with Gasteiger partial charge in [-0.3, -0.25) is 4.79 Å². The molecule has 2 N–H and O–H groups in total. The Morgan fingerprint density at radius 1 is 1.39 bits per heavy atom. The molecule has 1 amide bonds. The second-order valence-corrected chi connectivity index (χ2v) is 4.33. The summed E-state index contributed by atoms with van der Waals surface area (Å²) in [6.45, 7) is 4.31. The van der Waals surface area contributed by atoms with Crippen molar-refractivity contribution in [2.24, 2.45) is 5.92 Å². The molecule has 0 aromatic carbocycles. The van der Waals surface area contributed by atoms with Gasteiger partial charge in [0.25, 0.3) is 0 Å². The Balaban J connectivity index is 2.64. The average molecular weight is 255 g/mol. The van der Waals surface area contributed by atoms with Gasteiger partial charge in [0.1, 0.15) is 0 Å². The minimum atomic E-state index is -0.142. The molecule has 0 spiro atoms. The highest BCUT2D eigenvalue weighted by atomic mass is 16.4. The van der Waals surface area contributed by atoms with E-state index >= 15 is 0 Å². The molecule has 0 bridgehead atoms. The fourth-order valence-corrected chi connectivity index (χ4v) is 1.50. The van der Waals surface area contributed by atoms with Gasteiger partial charge in [0.15, 0.2) is 0 Å². The van der Waals surface area contributed by atoms with Crippen LogP contribution in [0, 0.1) is 5.92 Å². The molecule has 7 nitrogen and oxygen atoms in total. The van der Waals surface area contributed by atoms with Crippen LogP contribution < -0.4 is 15.5 Å². The van der Waals surface area contributed by atoms with E-state index in [4.69, 9.17) is 4.42 Å². The van der Waals surface area contributed by atoms with Crippen molar-refractivity contribution in [1.29, 1.82) is 0 Å². The molecule has 102 valence electrons. The molecule has 18 heavy (non-hydrogen) atoms. The van der Waals surface area contributed by atoms with Crippen LogP contribution in [0.3, 0.4) is 0 Å². The largest absolute Gasteiger partial charge is 0.406 e. The fourth-order valence-electron chi connectivity index (χ4n) is 1.50. The molecule has 2 unspecified atom stereocenters. The first kappa shape index (κ1) is 14.4. The van der Waals surface area contributed by atoms with E-state index in [-0.39, 0.29) is 17.9 Å². The Hall–Kier alpha value is -1.63. The van der Waals surface area contributed by atoms with Crippen molar-refractivity contribution in [1.82, 2.24) is 20.8 Å². The van der Waals surface area contributed by atoms with Gasteiger partial charge in [-0.25, -0.2) is 0 Å². The first-order valence-corrected chi connectivity index (χ1v) is 5.93. The molecule has 1 aromatic heterocycles. The van der Waals surface area contributed by atoms with Crippen molar-refractivity contribution in [2.45, 2.75) is 19.9 Å². The monoisotopic (exact) mass is 255 g/mol. The number of aromatic nitrogens is 2. The van der Waals surface area contributed by atoms with Crippen LogP contribution in [0.1, 0.15) is 25.8 Å². The molecule has 7 heteroatoms. The van der Waals surface area contributed by atoms with Gasteiger partial charge >= 0.3 is 6.01 Å². The van der Waals surface area contributed by atoms with Crippen LogP contribution in [-0.2, 0) is 4.79 Å². The number of hydrogen-bond acceptors (Lipinski definition) is 6. The molecule has 0 radical (unpaired) electrons. The van der Waals surface area contributed by atoms with Crippen molar-refractivity contribution in [3.8, 4) is 0 Å². The molecule has 0 aliphatic carbocycles. The zero-order valence-electron chi connectivity index (χ0n) is 11.5. The Bertz CT molecular complexity index is 393. The van der Waals surface area contributed by atoms with E-state index in [9.17, 15) is 4.79 Å². The second kappa shape index (κ2) is 6.34. The number of anilines is 1. The SMILES string of the molecule is CNC(=O)C(C)CN(C)c1nnc(C(C)NC)o1. The molecular formula is C11H21N5O2. The quantitative estimate of drug-likeness (QED) is 0.754. The van der Waals surface area contributed by atoms with E-state index in [0.717, 1.165) is 0 Å². The number of carbonyl (C=O) groups excluding carboxylic acids is 1. The number of rotatable bonds is 6. The molecule has 1 rings (SSSR count). The number of hydrogen-bond donors (Lipinski definition) is 2. The molecule has 0 saturated heterocycles. The van der Waals surface area contributed by atoms with Crippen molar-refractivity contribution < 1.29 is 9.21 Å². The van der Waals surface area contributed by atoms with Crippen LogP contribution in [0.15, 0.2) is 4.42 Å². The van der Waals surface area contributed by atoms with Crippen LogP contribution in [0.5, 0.6) is 0 Å². The van der Waals surface area contributed by atoms with Crippen LogP contribution >= 0.6 is 0 Å². The van der Waals surface area contributed by atoms with E-state index < -0.39 is 0 Å². The predicted octanol–water partition coefficient (Wildman–Crippen LogP) is 0.168. The maximum Gasteiger partial charge on any atom is 0.317 e. The lowest BCUT2D eigenvalue weighted by Gasteiger charge is -2.18. The molecule has 0 aliphatic heterocycles. The number of nitrogens with zero attached hydrogens (tertiary/aromatic N) is 3. The van der Waals surface area contributed by atoms with E-state index in [0.29, 0.717) is 18.5 Å². The topological polar surface area (TPSA) is 83.3 Å². The molecule has 1 heterocycles. The highest BCUT2D eigenvalue weighted by molar-refractivity contribution is 5.78. The molecule has 0 saturated carbocycles. The van der Waals surface area contributed by atoms with Gasteiger partial charge in [0, 0.05) is 20.6 Å². The molecule has 1 aromatic rings. The van der Waals surface area contributed by atoms with Gasteiger partial charge in [0.05, 0.1) is 12.0 Å². The van der Waals surface area contributed by atoms with E-state index in [1.165, 1.54) is 0 Å². The van der Waals surface area contributed by atoms with E-state index in [1.54, 1.807) is 11.9 Å². The maximum atomic E-state index is 11.4. The van der Waals surface area contributed by atoms with Gasteiger partial charge in [-0.2, -0.15) is 0 Å². The van der Waals surface area contributed by atoms with Crippen LogP contribution in [0.25, 0.3) is 0 Å². The Labute approximate surface area is 107 Å². The maximum absolute atomic E-state index is 11.4. The summed E-state index contributed by atoms with van der Waals surface area (Å²) in [5, 5.41) is 13.6. The average Bonchev–Trinajstić information content (AvgIpc) is 2.86. The molecule has 0 fully saturated rings. The van der Waals surface area contributed by atoms with Crippen molar-refractivity contribution >= 4 is 11.9 Å². The number of carbonyl (C=O) groups is 1. The molecule has 2 atom stereocenters. The third kappa shape index (κ3) is 3.43. The summed E-state index contributed by atoms with van der Waals surface area (Å²) < 4.78 is 5.52. The molecular weight excluding hydrogens is 234 g/mol. The summed E-state index contributed by atoms with van der Waals surface area (Å²) in [7, 11) is 5.27. The van der Waals surface area contributed by atoms with Crippen molar-refractivity contribution in [3.05, 3.63) is 5.89 Å². The van der Waals surface area contributed by atoms with Gasteiger partial charge in [-0.05, 0) is 14.0 Å². The lowest BCUT2D eigenvalue weighted by atomic mass is 10.1. The number of nitrogens with one attached hydrogen (secondary N) is 2. The highest BCUT2D eigenvalue weighted by Gasteiger charge is 2.19. The van der Waals surface area contributed by atoms with Crippen molar-refractivity contribution in [3.63, 3.8) is 0 Å². The van der Waals surface area contributed by atoms with Gasteiger partial charge < -0.3 is 20.0 Å². The summed E-state index contributed by atoms with van der Waals surface area (Å²) in [4.78, 5) is 13.2. The summed E-state index contributed by atoms with van der Waals surface area (Å²) in [5.74, 6) is 0.384. The minimum absolute atomic E-state index is 0.00909. The fraction of sp³-hybridized carbons (Fsp3) is 0.727. The summed E-state index contributed by atoms with van der Waals surface area (Å²) in [6.07, 6.45) is 0. The van der Waals surface area contributed by atoms with Crippen LogP contribution in [0.2, 0.25) is 0 Å². The van der Waals surface area contributed by atoms with Crippen LogP contribution in [-0.4, -0.2) is 43.8 Å². The first-order chi connectivity index (χ1) is 8.49. The number of amides is 1. The normalized spacial score (nSPS) is 14.1. The van der Waals surface area contributed by atoms with Gasteiger partial charge in [-0.1, -0.05) is 12.0 Å². The molecule has 0 aliphatic rings. The Morgan fingerprint density at radius 2 is 2.06 bits per heavy atom. The highest BCUT2D eigenvalue weighted by Crippen LogP contribution is 2.16. The zero-order chi connectivity index (χ0) is 13.7. The summed E-state index contributed by atoms with van der Waals surface area (Å²) >= 11 is 0. The first-order valence-electron chi connectivity index (χ1n) is 5.93. The predicted molar refractivity (Wildman–Crippen MR) is 68.3 cm³/mol. The Kier molecular flexibility index (Phi) is 5.08. The zero-order valence-corrected chi connectivity index (χ0v) is 11.5. The van der Waals surface area contributed by atoms with E-state index in [2.05, 4.69) is 20.8 Å². The smallest absolute Gasteiger partial charge is 0.317 e. The lowest BCUT2D eigenvalue weighted by molar-refractivity contribution is -0.123. The van der Waals surface area contributed by atoms with Gasteiger partial charge in [-0.15, -0.1) is 5.10 Å². The van der Waals surface area contributed by atoms with Crippen molar-refractivity contribution in [2.75, 3.05) is 32.6 Å². The Morgan fingerprint density at radius 3 is 2.61 bits per heavy atom. The summed E-state index contributed by atoms with van der Waals surface area (Å²) in [6, 6.07) is 0.430. The van der Waals surface area contributed by atoms with Gasteiger partial charge in [0.2, 0.25) is 11.8 Å². The third-order valence-corrected chi connectivity index (χ3v) is 2.80. The lowest BCUT2D eigenvalue weighted by Crippen LogP contribution is -2.34. The van der Waals surface area contributed by atoms with Crippen LogP contribution in [0.4, 0.5) is 6.01 Å². The van der Waals surface area contributed by atoms with E-state index in [1.807, 2.05) is 27.9 Å². The standard InChI is InChI=1S/C11H21N5O2/c1-7(9(17)13-4)6-16(5)11-15-14-10(18-11)8(2)12-3/h7-8,12H,6H2,1-5H3,(H,13,17). The second-order valence-electron chi connectivity index (χ2n) is 4.33. The third-order valence-electron chi connectivity index (χ3n) is 2.80.